The van der Waals surface area contributed by atoms with Crippen molar-refractivity contribution in [1.82, 2.24) is 15.5 Å². The van der Waals surface area contributed by atoms with Crippen LogP contribution < -0.4 is 10.8 Å². The second kappa shape index (κ2) is 9.93. The highest BCUT2D eigenvalue weighted by Crippen LogP contribution is 2.27. The predicted octanol–water partition coefficient (Wildman–Crippen LogP) is 3.41. The van der Waals surface area contributed by atoms with Gasteiger partial charge in [-0.25, -0.2) is 0 Å². The Kier molecular flexibility index (Phi) is 7.08. The maximum Gasteiger partial charge on any atom is 0.200 e. The fourth-order valence-corrected chi connectivity index (χ4v) is 3.16. The molecule has 7 heteroatoms. The van der Waals surface area contributed by atoms with Crippen molar-refractivity contribution in [2.45, 2.75) is 27.2 Å². The van der Waals surface area contributed by atoms with Crippen LogP contribution in [0, 0.1) is 6.92 Å². The van der Waals surface area contributed by atoms with Gasteiger partial charge in [-0.1, -0.05) is 47.0 Å². The van der Waals surface area contributed by atoms with Crippen LogP contribution in [-0.2, 0) is 0 Å². The maximum absolute atomic E-state index is 13.2. The van der Waals surface area contributed by atoms with Gasteiger partial charge in [-0.05, 0) is 33.3 Å². The molecule has 0 saturated heterocycles. The highest BCUT2D eigenvalue weighted by molar-refractivity contribution is 6.32. The van der Waals surface area contributed by atoms with Crippen molar-refractivity contribution in [3.63, 3.8) is 0 Å². The van der Waals surface area contributed by atoms with Gasteiger partial charge in [-0.3, -0.25) is 9.79 Å². The van der Waals surface area contributed by atoms with Crippen LogP contribution in [0.1, 0.15) is 47.6 Å². The number of aromatic nitrogens is 2. The van der Waals surface area contributed by atoms with Gasteiger partial charge in [0.15, 0.2) is 5.78 Å². The Morgan fingerprint density at radius 3 is 2.81 bits per heavy atom. The summed E-state index contributed by atoms with van der Waals surface area (Å²) in [5, 5.41) is 7.42. The smallest absolute Gasteiger partial charge is 0.200 e. The third kappa shape index (κ3) is 5.31. The van der Waals surface area contributed by atoms with Crippen LogP contribution in [0.25, 0.3) is 17.0 Å². The molecule has 2 heterocycles. The van der Waals surface area contributed by atoms with E-state index in [2.05, 4.69) is 27.0 Å². The Balaban J connectivity index is 1.73. The van der Waals surface area contributed by atoms with E-state index in [1.165, 1.54) is 5.57 Å². The van der Waals surface area contributed by atoms with Crippen LogP contribution in [0.2, 0.25) is 0 Å². The zero-order valence-corrected chi connectivity index (χ0v) is 18.5. The van der Waals surface area contributed by atoms with Gasteiger partial charge in [0.05, 0.1) is 17.0 Å². The van der Waals surface area contributed by atoms with E-state index in [-0.39, 0.29) is 5.78 Å². The molecule has 0 atom stereocenters. The molecule has 0 aliphatic heterocycles. The first kappa shape index (κ1) is 22.1. The van der Waals surface area contributed by atoms with E-state index in [1.54, 1.807) is 25.4 Å². The number of benzene rings is 1. The Bertz CT molecular complexity index is 1140. The Morgan fingerprint density at radius 2 is 2.10 bits per heavy atom. The molecular formula is C24H27BN4O2. The molecule has 0 spiro atoms. The number of nitrogens with one attached hydrogen (secondary N) is 2. The number of hydrogen-bond acceptors (Lipinski definition) is 5. The number of nitrogens with zero attached hydrogens (tertiary/aromatic N) is 2. The number of H-pyrrole nitrogens is 1. The second-order valence-electron chi connectivity index (χ2n) is 7.50. The average molecular weight is 414 g/mol. The van der Waals surface area contributed by atoms with Crippen molar-refractivity contribution in [2.24, 2.45) is 4.99 Å². The van der Waals surface area contributed by atoms with Crippen molar-refractivity contribution in [3.8, 4) is 11.3 Å². The molecular weight excluding hydrogens is 387 g/mol. The van der Waals surface area contributed by atoms with Crippen LogP contribution in [0.5, 0.6) is 0 Å². The summed E-state index contributed by atoms with van der Waals surface area (Å²) in [5.41, 5.74) is 6.22. The summed E-state index contributed by atoms with van der Waals surface area (Å²) in [7, 11) is 2.02. The Labute approximate surface area is 183 Å². The molecule has 158 valence electrons. The number of carbonyl (C=O) groups is 1. The van der Waals surface area contributed by atoms with Gasteiger partial charge in [0.1, 0.15) is 19.3 Å². The summed E-state index contributed by atoms with van der Waals surface area (Å²) >= 11 is 0. The molecule has 0 aliphatic rings. The first-order valence-corrected chi connectivity index (χ1v) is 10.2. The van der Waals surface area contributed by atoms with Gasteiger partial charge >= 0.3 is 0 Å². The quantitative estimate of drug-likeness (QED) is 0.319. The number of carbonyl (C=O) groups excluding carboxylic acids is 1. The van der Waals surface area contributed by atoms with Crippen molar-refractivity contribution in [1.29, 1.82) is 0 Å². The first-order chi connectivity index (χ1) is 14.9. The number of aryl methyl sites for hydroxylation is 1. The summed E-state index contributed by atoms with van der Waals surface area (Å²) in [6.07, 6.45) is 6.15. The number of ketones is 1. The molecule has 6 nitrogen and oxygen atoms in total. The van der Waals surface area contributed by atoms with Gasteiger partial charge in [-0.2, -0.15) is 0 Å². The van der Waals surface area contributed by atoms with E-state index >= 15 is 0 Å². The zero-order chi connectivity index (χ0) is 22.4. The lowest BCUT2D eigenvalue weighted by Crippen LogP contribution is -2.13. The Hall–Kier alpha value is -3.61. The van der Waals surface area contributed by atoms with Crippen LogP contribution in [0.4, 0.5) is 0 Å². The van der Waals surface area contributed by atoms with E-state index in [0.717, 1.165) is 35.4 Å². The van der Waals surface area contributed by atoms with Crippen LogP contribution in [0.3, 0.4) is 0 Å². The van der Waals surface area contributed by atoms with E-state index in [4.69, 9.17) is 4.52 Å². The van der Waals surface area contributed by atoms with E-state index < -0.39 is 0 Å². The highest BCUT2D eigenvalue weighted by atomic mass is 16.5. The molecule has 0 saturated carbocycles. The lowest BCUT2D eigenvalue weighted by molar-refractivity contribution is 0.103. The predicted molar refractivity (Wildman–Crippen MR) is 129 cm³/mol. The number of rotatable bonds is 9. The lowest BCUT2D eigenvalue weighted by atomic mass is 9.93. The first-order valence-electron chi connectivity index (χ1n) is 10.2. The monoisotopic (exact) mass is 414 g/mol. The number of hydrogen-bond donors (Lipinski definition) is 2. The van der Waals surface area contributed by atoms with Crippen LogP contribution in [-0.4, -0.2) is 36.5 Å². The number of aromatic amines is 1. The van der Waals surface area contributed by atoms with Gasteiger partial charge in [0.2, 0.25) is 0 Å². The summed E-state index contributed by atoms with van der Waals surface area (Å²) in [6, 6.07) is 9.67. The molecule has 1 aromatic carbocycles. The molecule has 2 N–H and O–H groups in total. The third-order valence-corrected chi connectivity index (χ3v) is 4.99. The van der Waals surface area contributed by atoms with Crippen LogP contribution in [0.15, 0.2) is 64.4 Å². The van der Waals surface area contributed by atoms with E-state index in [1.807, 2.05) is 52.2 Å². The third-order valence-electron chi connectivity index (χ3n) is 4.99. The zero-order valence-electron chi connectivity index (χ0n) is 18.5. The van der Waals surface area contributed by atoms with Gasteiger partial charge in [0.25, 0.3) is 0 Å². The molecule has 0 fully saturated rings. The largest absolute Gasteiger partial charge is 0.384 e. The summed E-state index contributed by atoms with van der Waals surface area (Å²) in [5.74, 6) is 0.359. The summed E-state index contributed by atoms with van der Waals surface area (Å²) < 4.78 is 5.35. The van der Waals surface area contributed by atoms with Crippen molar-refractivity contribution < 1.29 is 9.32 Å². The molecule has 0 amide bonds. The Morgan fingerprint density at radius 1 is 1.35 bits per heavy atom. The fraction of sp³-hybridized carbons (Fsp3) is 0.208. The van der Waals surface area contributed by atoms with E-state index in [9.17, 15) is 4.79 Å². The van der Waals surface area contributed by atoms with Crippen molar-refractivity contribution in [3.05, 3.63) is 77.5 Å². The van der Waals surface area contributed by atoms with Gasteiger partial charge in [0, 0.05) is 36.3 Å². The molecule has 0 unspecified atom stereocenters. The normalized spacial score (nSPS) is 11.8. The fourth-order valence-electron chi connectivity index (χ4n) is 3.16. The molecule has 0 aliphatic carbocycles. The molecule has 31 heavy (non-hydrogen) atoms. The minimum absolute atomic E-state index is 0.138. The topological polar surface area (TPSA) is 83.3 Å². The van der Waals surface area contributed by atoms with E-state index in [0.29, 0.717) is 22.6 Å². The highest BCUT2D eigenvalue weighted by Gasteiger charge is 2.23. The SMILES string of the molecule is Bc1ccc(-c2noc(C)c2C(=O)c2c[nH]c(C(=C)NCC/C(C)=C/N=C\C)c2)cc1. The minimum atomic E-state index is -0.138. The summed E-state index contributed by atoms with van der Waals surface area (Å²) in [6.45, 7) is 10.5. The van der Waals surface area contributed by atoms with Crippen LogP contribution >= 0.6 is 0 Å². The van der Waals surface area contributed by atoms with Gasteiger partial charge < -0.3 is 14.8 Å². The standard InChI is InChI=1S/C24H27BN4O2/c1-5-26-13-15(2)10-11-27-16(3)21-12-19(14-28-21)24(30)22-17(4)31-29-23(22)18-6-8-20(25)9-7-18/h5-9,12-14,27-28H,3,10-11,25H2,1-2,4H3/b15-13+,26-5-. The average Bonchev–Trinajstić information content (AvgIpc) is 3.39. The minimum Gasteiger partial charge on any atom is -0.384 e. The maximum atomic E-state index is 13.2. The molecule has 3 aromatic rings. The molecule has 2 aromatic heterocycles. The van der Waals surface area contributed by atoms with Gasteiger partial charge in [-0.15, -0.1) is 0 Å². The number of aliphatic imine (C=N–C) groups is 1. The van der Waals surface area contributed by atoms with Crippen molar-refractivity contribution in [2.75, 3.05) is 6.54 Å². The second-order valence-corrected chi connectivity index (χ2v) is 7.50. The summed E-state index contributed by atoms with van der Waals surface area (Å²) in [4.78, 5) is 20.5. The molecule has 3 rings (SSSR count). The lowest BCUT2D eigenvalue weighted by Gasteiger charge is -2.07. The molecule has 0 radical (unpaired) electrons. The van der Waals surface area contributed by atoms with Crippen molar-refractivity contribution >= 4 is 31.0 Å². The molecule has 0 bridgehead atoms.